The van der Waals surface area contributed by atoms with E-state index in [-0.39, 0.29) is 0 Å². The van der Waals surface area contributed by atoms with E-state index in [1.165, 1.54) is 32.4 Å². The van der Waals surface area contributed by atoms with Crippen molar-refractivity contribution in [2.75, 3.05) is 19.6 Å². The maximum Gasteiger partial charge on any atom is 0.140 e. The van der Waals surface area contributed by atoms with Crippen molar-refractivity contribution < 1.29 is 0 Å². The first-order valence-electron chi connectivity index (χ1n) is 6.62. The number of likely N-dealkylation sites (tertiary alicyclic amines) is 1. The molecule has 5 heteroatoms. The van der Waals surface area contributed by atoms with Crippen LogP contribution in [0.15, 0.2) is 6.33 Å². The van der Waals surface area contributed by atoms with Crippen LogP contribution >= 0.6 is 0 Å². The highest BCUT2D eigenvalue weighted by Crippen LogP contribution is 2.20. The first-order chi connectivity index (χ1) is 8.33. The van der Waals surface area contributed by atoms with Crippen molar-refractivity contribution in [1.29, 1.82) is 0 Å². The van der Waals surface area contributed by atoms with Gasteiger partial charge in [0.05, 0.1) is 6.54 Å². The molecule has 2 N–H and O–H groups in total. The summed E-state index contributed by atoms with van der Waals surface area (Å²) in [5.41, 5.74) is 5.61. The van der Waals surface area contributed by atoms with Gasteiger partial charge < -0.3 is 5.73 Å². The van der Waals surface area contributed by atoms with Gasteiger partial charge in [-0.1, -0.05) is 0 Å². The summed E-state index contributed by atoms with van der Waals surface area (Å²) in [7, 11) is 0. The highest BCUT2D eigenvalue weighted by atomic mass is 15.3. The fraction of sp³-hybridized carbons (Fsp3) is 0.833. The van der Waals surface area contributed by atoms with E-state index >= 15 is 0 Å². The van der Waals surface area contributed by atoms with Gasteiger partial charge in [0.25, 0.3) is 0 Å². The second kappa shape index (κ2) is 6.12. The zero-order chi connectivity index (χ0) is 12.1. The number of nitrogens with zero attached hydrogens (tertiary/aromatic N) is 4. The van der Waals surface area contributed by atoms with Gasteiger partial charge in [0, 0.05) is 6.54 Å². The standard InChI is InChI=1S/C12H23N5/c1-2-17-12(14-10-15-17)9-16-7-4-11(3-6-13)5-8-16/h10-11H,2-9,13H2,1H3. The third kappa shape index (κ3) is 3.26. The molecule has 0 aliphatic carbocycles. The minimum atomic E-state index is 0.828. The molecule has 1 aromatic heterocycles. The van der Waals surface area contributed by atoms with Crippen LogP contribution in [-0.4, -0.2) is 39.3 Å². The summed E-state index contributed by atoms with van der Waals surface area (Å²) >= 11 is 0. The summed E-state index contributed by atoms with van der Waals surface area (Å²) in [6.45, 7) is 7.10. The Morgan fingerprint density at radius 1 is 1.41 bits per heavy atom. The van der Waals surface area contributed by atoms with Crippen LogP contribution in [0.25, 0.3) is 0 Å². The Morgan fingerprint density at radius 2 is 2.18 bits per heavy atom. The molecule has 0 amide bonds. The number of aromatic nitrogens is 3. The topological polar surface area (TPSA) is 60.0 Å². The van der Waals surface area contributed by atoms with E-state index in [4.69, 9.17) is 5.73 Å². The van der Waals surface area contributed by atoms with Gasteiger partial charge >= 0.3 is 0 Å². The van der Waals surface area contributed by atoms with Gasteiger partial charge in [-0.3, -0.25) is 4.90 Å². The zero-order valence-corrected chi connectivity index (χ0v) is 10.7. The van der Waals surface area contributed by atoms with Gasteiger partial charge in [0.15, 0.2) is 0 Å². The van der Waals surface area contributed by atoms with Gasteiger partial charge in [-0.25, -0.2) is 9.67 Å². The third-order valence-corrected chi connectivity index (χ3v) is 3.64. The Morgan fingerprint density at radius 3 is 2.82 bits per heavy atom. The molecule has 1 saturated heterocycles. The molecule has 0 aromatic carbocycles. The van der Waals surface area contributed by atoms with Crippen LogP contribution in [0.1, 0.15) is 32.0 Å². The number of nitrogens with two attached hydrogens (primary N) is 1. The number of rotatable bonds is 5. The van der Waals surface area contributed by atoms with Gasteiger partial charge in [-0.05, 0) is 51.7 Å². The zero-order valence-electron chi connectivity index (χ0n) is 10.7. The van der Waals surface area contributed by atoms with E-state index in [9.17, 15) is 0 Å². The maximum absolute atomic E-state index is 5.61. The highest BCUT2D eigenvalue weighted by molar-refractivity contribution is 4.86. The van der Waals surface area contributed by atoms with Crippen molar-refractivity contribution >= 4 is 0 Å². The van der Waals surface area contributed by atoms with Crippen LogP contribution < -0.4 is 5.73 Å². The lowest BCUT2D eigenvalue weighted by Crippen LogP contribution is -2.34. The molecule has 0 spiro atoms. The Bertz CT molecular complexity index is 327. The van der Waals surface area contributed by atoms with E-state index in [2.05, 4.69) is 21.9 Å². The molecule has 2 rings (SSSR count). The van der Waals surface area contributed by atoms with Crippen LogP contribution in [-0.2, 0) is 13.1 Å². The van der Waals surface area contributed by atoms with Crippen LogP contribution in [0.3, 0.4) is 0 Å². The lowest BCUT2D eigenvalue weighted by molar-refractivity contribution is 0.168. The predicted molar refractivity (Wildman–Crippen MR) is 67.4 cm³/mol. The lowest BCUT2D eigenvalue weighted by atomic mass is 9.94. The Balaban J connectivity index is 1.82. The summed E-state index contributed by atoms with van der Waals surface area (Å²) in [5, 5.41) is 4.21. The second-order valence-corrected chi connectivity index (χ2v) is 4.79. The summed E-state index contributed by atoms with van der Waals surface area (Å²) in [5.74, 6) is 1.92. The van der Waals surface area contributed by atoms with Crippen LogP contribution in [0.2, 0.25) is 0 Å². The fourth-order valence-electron chi connectivity index (χ4n) is 2.54. The van der Waals surface area contributed by atoms with E-state index < -0.39 is 0 Å². The van der Waals surface area contributed by atoms with Crippen molar-refractivity contribution in [3.05, 3.63) is 12.2 Å². The molecule has 0 unspecified atom stereocenters. The average molecular weight is 237 g/mol. The van der Waals surface area contributed by atoms with Gasteiger partial charge in [0.1, 0.15) is 12.2 Å². The first-order valence-corrected chi connectivity index (χ1v) is 6.62. The summed E-state index contributed by atoms with van der Waals surface area (Å²) in [4.78, 5) is 6.80. The monoisotopic (exact) mass is 237 g/mol. The van der Waals surface area contributed by atoms with E-state index in [0.29, 0.717) is 0 Å². The summed E-state index contributed by atoms with van der Waals surface area (Å²) in [6, 6.07) is 0. The molecule has 1 aliphatic rings. The molecule has 17 heavy (non-hydrogen) atoms. The van der Waals surface area contributed by atoms with Crippen LogP contribution in [0.5, 0.6) is 0 Å². The third-order valence-electron chi connectivity index (χ3n) is 3.64. The largest absolute Gasteiger partial charge is 0.330 e. The van der Waals surface area contributed by atoms with Crippen LogP contribution in [0, 0.1) is 5.92 Å². The number of hydrogen-bond acceptors (Lipinski definition) is 4. The molecular formula is C12H23N5. The van der Waals surface area contributed by atoms with Crippen molar-refractivity contribution in [3.8, 4) is 0 Å². The molecule has 1 aliphatic heterocycles. The van der Waals surface area contributed by atoms with Crippen LogP contribution in [0.4, 0.5) is 0 Å². The average Bonchev–Trinajstić information content (AvgIpc) is 2.79. The molecule has 2 heterocycles. The maximum atomic E-state index is 5.61. The number of aryl methyl sites for hydroxylation is 1. The molecule has 0 radical (unpaired) electrons. The molecule has 1 fully saturated rings. The van der Waals surface area contributed by atoms with Gasteiger partial charge in [0.2, 0.25) is 0 Å². The van der Waals surface area contributed by atoms with Crippen molar-refractivity contribution in [2.24, 2.45) is 11.7 Å². The lowest BCUT2D eigenvalue weighted by Gasteiger charge is -2.31. The van der Waals surface area contributed by atoms with Crippen molar-refractivity contribution in [3.63, 3.8) is 0 Å². The number of hydrogen-bond donors (Lipinski definition) is 1. The quantitative estimate of drug-likeness (QED) is 0.825. The van der Waals surface area contributed by atoms with Gasteiger partial charge in [-0.15, -0.1) is 0 Å². The molecule has 0 atom stereocenters. The highest BCUT2D eigenvalue weighted by Gasteiger charge is 2.19. The molecule has 0 bridgehead atoms. The normalized spacial score (nSPS) is 18.7. The first kappa shape index (κ1) is 12.5. The Labute approximate surface area is 103 Å². The minimum absolute atomic E-state index is 0.828. The van der Waals surface area contributed by atoms with E-state index in [0.717, 1.165) is 31.4 Å². The smallest absolute Gasteiger partial charge is 0.140 e. The predicted octanol–water partition coefficient (Wildman–Crippen LogP) is 0.859. The molecule has 0 saturated carbocycles. The molecule has 5 nitrogen and oxygen atoms in total. The van der Waals surface area contributed by atoms with Crippen molar-refractivity contribution in [2.45, 2.75) is 39.3 Å². The second-order valence-electron chi connectivity index (χ2n) is 4.79. The molecular weight excluding hydrogens is 214 g/mol. The van der Waals surface area contributed by atoms with Crippen molar-refractivity contribution in [1.82, 2.24) is 19.7 Å². The SMILES string of the molecule is CCn1ncnc1CN1CCC(CCN)CC1. The number of piperidine rings is 1. The summed E-state index contributed by atoms with van der Waals surface area (Å²) < 4.78 is 1.98. The summed E-state index contributed by atoms with van der Waals surface area (Å²) in [6.07, 6.45) is 5.38. The van der Waals surface area contributed by atoms with E-state index in [1.807, 2.05) is 4.68 Å². The fourth-order valence-corrected chi connectivity index (χ4v) is 2.54. The van der Waals surface area contributed by atoms with E-state index in [1.54, 1.807) is 6.33 Å². The molecule has 96 valence electrons. The van der Waals surface area contributed by atoms with Gasteiger partial charge in [-0.2, -0.15) is 5.10 Å². The minimum Gasteiger partial charge on any atom is -0.330 e. The Kier molecular flexibility index (Phi) is 4.50. The molecule has 1 aromatic rings. The Hall–Kier alpha value is -0.940.